The highest BCUT2D eigenvalue weighted by Gasteiger charge is 2.30. The molecule has 1 fully saturated rings. The summed E-state index contributed by atoms with van der Waals surface area (Å²) < 4.78 is 11.0. The van der Waals surface area contributed by atoms with Gasteiger partial charge in [-0.05, 0) is 58.4 Å². The Bertz CT molecular complexity index is 386. The van der Waals surface area contributed by atoms with Crippen molar-refractivity contribution >= 4 is 0 Å². The molecule has 0 bridgehead atoms. The zero-order chi connectivity index (χ0) is 14.6. The Morgan fingerprint density at radius 3 is 2.85 bits per heavy atom. The Labute approximate surface area is 123 Å². The maximum absolute atomic E-state index is 5.81. The van der Waals surface area contributed by atoms with Crippen LogP contribution in [-0.4, -0.2) is 18.2 Å². The van der Waals surface area contributed by atoms with E-state index in [1.807, 2.05) is 6.26 Å². The van der Waals surface area contributed by atoms with Crippen LogP contribution in [0.25, 0.3) is 0 Å². The Morgan fingerprint density at radius 1 is 1.40 bits per heavy atom. The third-order valence-electron chi connectivity index (χ3n) is 4.55. The second-order valence-electron chi connectivity index (χ2n) is 6.67. The van der Waals surface area contributed by atoms with Gasteiger partial charge in [-0.25, -0.2) is 0 Å². The van der Waals surface area contributed by atoms with E-state index in [9.17, 15) is 0 Å². The summed E-state index contributed by atoms with van der Waals surface area (Å²) >= 11 is 0. The minimum atomic E-state index is -0.0151. The van der Waals surface area contributed by atoms with Crippen molar-refractivity contribution in [3.8, 4) is 0 Å². The number of nitrogens with one attached hydrogen (secondary N) is 1. The first-order valence-corrected chi connectivity index (χ1v) is 7.94. The predicted octanol–water partition coefficient (Wildman–Crippen LogP) is 4.30. The van der Waals surface area contributed by atoms with Crippen LogP contribution >= 0.6 is 0 Å². The molecule has 2 rings (SSSR count). The van der Waals surface area contributed by atoms with Gasteiger partial charge in [-0.15, -0.1) is 0 Å². The average molecular weight is 279 g/mol. The SMILES string of the molecule is CCOC(C)(C)CC[C@H]1N[C@@H](c2ccoc2)CC[C@@H]1C. The molecular formula is C17H29NO2. The van der Waals surface area contributed by atoms with Crippen LogP contribution in [0, 0.1) is 5.92 Å². The molecule has 3 heteroatoms. The Kier molecular flexibility index (Phi) is 5.28. The molecule has 1 saturated heterocycles. The fourth-order valence-electron chi connectivity index (χ4n) is 3.21. The van der Waals surface area contributed by atoms with Crippen LogP contribution in [-0.2, 0) is 4.74 Å². The van der Waals surface area contributed by atoms with Gasteiger partial charge in [0.25, 0.3) is 0 Å². The summed E-state index contributed by atoms with van der Waals surface area (Å²) in [6.07, 6.45) is 8.38. The average Bonchev–Trinajstić information content (AvgIpc) is 2.92. The van der Waals surface area contributed by atoms with Gasteiger partial charge in [0.05, 0.1) is 18.1 Å². The second-order valence-corrected chi connectivity index (χ2v) is 6.67. The molecule has 1 aliphatic heterocycles. The summed E-state index contributed by atoms with van der Waals surface area (Å²) in [6, 6.07) is 3.10. The van der Waals surface area contributed by atoms with E-state index in [1.54, 1.807) is 6.26 Å². The third kappa shape index (κ3) is 4.10. The number of ether oxygens (including phenoxy) is 1. The lowest BCUT2D eigenvalue weighted by molar-refractivity contribution is -0.0211. The molecular weight excluding hydrogens is 250 g/mol. The quantitative estimate of drug-likeness (QED) is 0.843. The molecule has 0 unspecified atom stereocenters. The van der Waals surface area contributed by atoms with Gasteiger partial charge < -0.3 is 14.5 Å². The Hall–Kier alpha value is -0.800. The van der Waals surface area contributed by atoms with Crippen LogP contribution < -0.4 is 5.32 Å². The molecule has 0 aromatic carbocycles. The van der Waals surface area contributed by atoms with Crippen LogP contribution in [0.5, 0.6) is 0 Å². The van der Waals surface area contributed by atoms with E-state index in [1.165, 1.54) is 24.8 Å². The first-order chi connectivity index (χ1) is 9.52. The number of hydrogen-bond acceptors (Lipinski definition) is 3. The van der Waals surface area contributed by atoms with Crippen molar-refractivity contribution in [3.63, 3.8) is 0 Å². The molecule has 1 aliphatic rings. The maximum atomic E-state index is 5.81. The largest absolute Gasteiger partial charge is 0.472 e. The first-order valence-electron chi connectivity index (χ1n) is 7.94. The normalized spacial score (nSPS) is 27.7. The number of furan rings is 1. The summed E-state index contributed by atoms with van der Waals surface area (Å²) in [5.41, 5.74) is 1.27. The molecule has 0 amide bonds. The molecule has 0 spiro atoms. The number of hydrogen-bond donors (Lipinski definition) is 1. The van der Waals surface area contributed by atoms with E-state index < -0.39 is 0 Å². The minimum Gasteiger partial charge on any atom is -0.472 e. The van der Waals surface area contributed by atoms with Crippen molar-refractivity contribution in [1.29, 1.82) is 0 Å². The Balaban J connectivity index is 1.89. The monoisotopic (exact) mass is 279 g/mol. The van der Waals surface area contributed by atoms with Gasteiger partial charge in [0.15, 0.2) is 0 Å². The molecule has 3 atom stereocenters. The van der Waals surface area contributed by atoms with E-state index in [-0.39, 0.29) is 5.60 Å². The standard InChI is InChI=1S/C17H29NO2/c1-5-20-17(3,4)10-8-15-13(2)6-7-16(18-15)14-9-11-19-12-14/h9,11-13,15-16,18H,5-8,10H2,1-4H3/t13-,15+,16+/m0/s1. The zero-order valence-corrected chi connectivity index (χ0v) is 13.3. The highest BCUT2D eigenvalue weighted by molar-refractivity contribution is 5.13. The van der Waals surface area contributed by atoms with Gasteiger partial charge in [-0.1, -0.05) is 6.92 Å². The van der Waals surface area contributed by atoms with Crippen LogP contribution in [0.2, 0.25) is 0 Å². The molecule has 0 radical (unpaired) electrons. The molecule has 20 heavy (non-hydrogen) atoms. The fourth-order valence-corrected chi connectivity index (χ4v) is 3.21. The van der Waals surface area contributed by atoms with Crippen molar-refractivity contribution in [2.24, 2.45) is 5.92 Å². The van der Waals surface area contributed by atoms with Crippen LogP contribution in [0.3, 0.4) is 0 Å². The topological polar surface area (TPSA) is 34.4 Å². The van der Waals surface area contributed by atoms with E-state index in [0.29, 0.717) is 12.1 Å². The lowest BCUT2D eigenvalue weighted by Crippen LogP contribution is -2.43. The van der Waals surface area contributed by atoms with Crippen molar-refractivity contribution in [1.82, 2.24) is 5.32 Å². The minimum absolute atomic E-state index is 0.0151. The molecule has 1 aromatic heterocycles. The van der Waals surface area contributed by atoms with Crippen molar-refractivity contribution in [2.75, 3.05) is 6.61 Å². The van der Waals surface area contributed by atoms with Crippen molar-refractivity contribution < 1.29 is 9.15 Å². The van der Waals surface area contributed by atoms with E-state index in [4.69, 9.17) is 9.15 Å². The van der Waals surface area contributed by atoms with E-state index >= 15 is 0 Å². The van der Waals surface area contributed by atoms with E-state index in [0.717, 1.165) is 18.9 Å². The van der Waals surface area contributed by atoms with Gasteiger partial charge in [0.2, 0.25) is 0 Å². The number of piperidine rings is 1. The molecule has 0 saturated carbocycles. The molecule has 2 heterocycles. The molecule has 1 aromatic rings. The first kappa shape index (κ1) is 15.6. The number of rotatable bonds is 6. The lowest BCUT2D eigenvalue weighted by Gasteiger charge is -2.37. The van der Waals surface area contributed by atoms with Gasteiger partial charge in [-0.3, -0.25) is 0 Å². The summed E-state index contributed by atoms with van der Waals surface area (Å²) in [6.45, 7) is 9.60. The van der Waals surface area contributed by atoms with Crippen molar-refractivity contribution in [2.45, 2.75) is 71.1 Å². The summed E-state index contributed by atoms with van der Waals surface area (Å²) in [5, 5.41) is 3.80. The van der Waals surface area contributed by atoms with Gasteiger partial charge in [0.1, 0.15) is 0 Å². The Morgan fingerprint density at radius 2 is 2.20 bits per heavy atom. The van der Waals surface area contributed by atoms with Crippen LogP contribution in [0.1, 0.15) is 65.0 Å². The van der Waals surface area contributed by atoms with Crippen molar-refractivity contribution in [3.05, 3.63) is 24.2 Å². The molecule has 1 N–H and O–H groups in total. The second kappa shape index (κ2) is 6.77. The lowest BCUT2D eigenvalue weighted by atomic mass is 9.83. The summed E-state index contributed by atoms with van der Waals surface area (Å²) in [5.74, 6) is 0.732. The van der Waals surface area contributed by atoms with Crippen LogP contribution in [0.4, 0.5) is 0 Å². The zero-order valence-electron chi connectivity index (χ0n) is 13.3. The predicted molar refractivity (Wildman–Crippen MR) is 81.7 cm³/mol. The maximum Gasteiger partial charge on any atom is 0.0950 e. The highest BCUT2D eigenvalue weighted by atomic mass is 16.5. The van der Waals surface area contributed by atoms with Crippen LogP contribution in [0.15, 0.2) is 23.0 Å². The van der Waals surface area contributed by atoms with Gasteiger partial charge in [0, 0.05) is 24.3 Å². The molecule has 3 nitrogen and oxygen atoms in total. The van der Waals surface area contributed by atoms with Gasteiger partial charge >= 0.3 is 0 Å². The highest BCUT2D eigenvalue weighted by Crippen LogP contribution is 2.32. The molecule has 0 aliphatic carbocycles. The smallest absolute Gasteiger partial charge is 0.0950 e. The third-order valence-corrected chi connectivity index (χ3v) is 4.55. The van der Waals surface area contributed by atoms with Gasteiger partial charge in [-0.2, -0.15) is 0 Å². The molecule has 114 valence electrons. The summed E-state index contributed by atoms with van der Waals surface area (Å²) in [4.78, 5) is 0. The summed E-state index contributed by atoms with van der Waals surface area (Å²) in [7, 11) is 0. The fraction of sp³-hybridized carbons (Fsp3) is 0.765. The van der Waals surface area contributed by atoms with E-state index in [2.05, 4.69) is 39.1 Å².